The van der Waals surface area contributed by atoms with Crippen LogP contribution in [0.1, 0.15) is 114 Å². The Kier molecular flexibility index (Phi) is 10.9. The Morgan fingerprint density at radius 2 is 1.00 bits per heavy atom. The molecule has 2 heterocycles. The average molecular weight is 491 g/mol. The number of nitrogens with zero attached hydrogens (tertiary/aromatic N) is 2. The molecule has 0 saturated heterocycles. The van der Waals surface area contributed by atoms with Crippen LogP contribution in [-0.2, 0) is 13.0 Å². The van der Waals surface area contributed by atoms with Crippen molar-refractivity contribution in [3.63, 3.8) is 0 Å². The van der Waals surface area contributed by atoms with Gasteiger partial charge in [-0.25, -0.2) is 0 Å². The van der Waals surface area contributed by atoms with Gasteiger partial charge in [0.05, 0.1) is 12.2 Å². The molecule has 0 fully saturated rings. The zero-order valence-electron chi connectivity index (χ0n) is 25.9. The summed E-state index contributed by atoms with van der Waals surface area (Å²) in [6, 6.07) is 16.9. The third-order valence-corrected chi connectivity index (χ3v) is 4.86. The van der Waals surface area contributed by atoms with Gasteiger partial charge in [0, 0.05) is 34.2 Å². The van der Waals surface area contributed by atoms with Crippen LogP contribution in [0.15, 0.2) is 58.5 Å². The summed E-state index contributed by atoms with van der Waals surface area (Å²) in [7, 11) is 0. The summed E-state index contributed by atoms with van der Waals surface area (Å²) in [4.78, 5) is 9.23. The fourth-order valence-electron chi connectivity index (χ4n) is 3.35. The van der Waals surface area contributed by atoms with Crippen LogP contribution in [0.4, 0.5) is 5.69 Å². The maximum absolute atomic E-state index is 4.64. The van der Waals surface area contributed by atoms with Gasteiger partial charge >= 0.3 is 0 Å². The summed E-state index contributed by atoms with van der Waals surface area (Å²) in [5, 5.41) is 0. The second-order valence-electron chi connectivity index (χ2n) is 15.2. The molecule has 2 aliphatic rings. The molecule has 2 heteroatoms. The molecule has 200 valence electrons. The normalized spacial score (nSPS) is 14.5. The number of para-hydroxylation sites is 1. The average Bonchev–Trinajstić information content (AvgIpc) is 3.30. The molecular formula is C34H54N2. The van der Waals surface area contributed by atoms with E-state index in [4.69, 9.17) is 0 Å². The lowest BCUT2D eigenvalue weighted by Gasteiger charge is -2.19. The number of hydrogen-bond donors (Lipinski definition) is 0. The standard InChI is InChI=1S/2C12H15N.2C5H12/c1-12(2,3)11-10-7-5-4-6-9(10)8-13-11;1-12(2,3)11-8-9-6-4-5-7-10(9)13-11;2*1-5(2,3)4/h2*4-7H,8H2,1-3H3;2*1-4H3. The van der Waals surface area contributed by atoms with Gasteiger partial charge in [0.2, 0.25) is 0 Å². The lowest BCUT2D eigenvalue weighted by molar-refractivity contribution is 0.469. The predicted octanol–water partition coefficient (Wildman–Crippen LogP) is 10.5. The summed E-state index contributed by atoms with van der Waals surface area (Å²) in [5.74, 6) is 0. The molecule has 0 unspecified atom stereocenters. The van der Waals surface area contributed by atoms with Gasteiger partial charge in [0.15, 0.2) is 0 Å². The van der Waals surface area contributed by atoms with Gasteiger partial charge in [-0.15, -0.1) is 0 Å². The molecule has 0 aromatic heterocycles. The molecule has 2 aliphatic heterocycles. The third kappa shape index (κ3) is 12.7. The van der Waals surface area contributed by atoms with Crippen LogP contribution in [0.3, 0.4) is 0 Å². The summed E-state index contributed by atoms with van der Waals surface area (Å²) < 4.78 is 0. The van der Waals surface area contributed by atoms with Gasteiger partial charge in [-0.05, 0) is 28.0 Å². The van der Waals surface area contributed by atoms with E-state index in [1.165, 1.54) is 28.1 Å². The van der Waals surface area contributed by atoms with E-state index >= 15 is 0 Å². The molecule has 0 aliphatic carbocycles. The number of aliphatic imine (C=N–C) groups is 2. The van der Waals surface area contributed by atoms with Crippen LogP contribution in [-0.4, -0.2) is 11.4 Å². The van der Waals surface area contributed by atoms with E-state index in [1.807, 2.05) is 6.07 Å². The topological polar surface area (TPSA) is 24.7 Å². The highest BCUT2D eigenvalue weighted by Gasteiger charge is 2.26. The molecule has 2 aromatic rings. The van der Waals surface area contributed by atoms with E-state index in [2.05, 4.69) is 149 Å². The van der Waals surface area contributed by atoms with Gasteiger partial charge in [0.1, 0.15) is 0 Å². The molecule has 4 rings (SSSR count). The highest BCUT2D eigenvalue weighted by Crippen LogP contribution is 2.32. The van der Waals surface area contributed by atoms with Crippen LogP contribution >= 0.6 is 0 Å². The molecule has 36 heavy (non-hydrogen) atoms. The minimum atomic E-state index is 0.173. The van der Waals surface area contributed by atoms with Crippen molar-refractivity contribution < 1.29 is 0 Å². The Bertz CT molecular complexity index is 1000. The summed E-state index contributed by atoms with van der Waals surface area (Å²) in [6.07, 6.45) is 1.03. The largest absolute Gasteiger partial charge is 0.284 e. The van der Waals surface area contributed by atoms with Gasteiger partial charge in [-0.3, -0.25) is 9.98 Å². The minimum Gasteiger partial charge on any atom is -0.284 e. The van der Waals surface area contributed by atoms with Gasteiger partial charge < -0.3 is 0 Å². The van der Waals surface area contributed by atoms with Crippen molar-refractivity contribution in [1.29, 1.82) is 0 Å². The van der Waals surface area contributed by atoms with E-state index < -0.39 is 0 Å². The van der Waals surface area contributed by atoms with E-state index in [0.717, 1.165) is 18.7 Å². The zero-order chi connectivity index (χ0) is 27.9. The first-order valence-electron chi connectivity index (χ1n) is 13.5. The third-order valence-electron chi connectivity index (χ3n) is 4.86. The molecular weight excluding hydrogens is 436 g/mol. The van der Waals surface area contributed by atoms with Gasteiger partial charge in [-0.2, -0.15) is 0 Å². The lowest BCUT2D eigenvalue weighted by Crippen LogP contribution is -2.19. The highest BCUT2D eigenvalue weighted by molar-refractivity contribution is 6.06. The van der Waals surface area contributed by atoms with Crippen molar-refractivity contribution in [3.05, 3.63) is 65.2 Å². The maximum atomic E-state index is 4.64. The van der Waals surface area contributed by atoms with Crippen LogP contribution in [0.25, 0.3) is 0 Å². The van der Waals surface area contributed by atoms with Crippen molar-refractivity contribution in [3.8, 4) is 0 Å². The van der Waals surface area contributed by atoms with E-state index in [0.29, 0.717) is 10.8 Å². The number of benzene rings is 2. The molecule has 2 aromatic carbocycles. The quantitative estimate of drug-likeness (QED) is 0.351. The van der Waals surface area contributed by atoms with E-state index in [1.54, 1.807) is 0 Å². The Hall–Kier alpha value is -2.22. The van der Waals surface area contributed by atoms with E-state index in [-0.39, 0.29) is 10.8 Å². The molecule has 0 N–H and O–H groups in total. The fourth-order valence-corrected chi connectivity index (χ4v) is 3.35. The Labute approximate surface area is 223 Å². The van der Waals surface area contributed by atoms with Crippen LogP contribution < -0.4 is 0 Å². The molecule has 0 saturated carbocycles. The first-order chi connectivity index (χ1) is 16.2. The van der Waals surface area contributed by atoms with Crippen molar-refractivity contribution in [2.24, 2.45) is 31.6 Å². The molecule has 0 radical (unpaired) electrons. The molecule has 0 atom stereocenters. The maximum Gasteiger partial charge on any atom is 0.0665 e. The van der Waals surface area contributed by atoms with Crippen LogP contribution in [0.2, 0.25) is 0 Å². The van der Waals surface area contributed by atoms with Crippen LogP contribution in [0.5, 0.6) is 0 Å². The molecule has 0 bridgehead atoms. The van der Waals surface area contributed by atoms with Crippen molar-refractivity contribution in [1.82, 2.24) is 0 Å². The van der Waals surface area contributed by atoms with E-state index in [9.17, 15) is 0 Å². The van der Waals surface area contributed by atoms with Crippen molar-refractivity contribution in [2.45, 2.75) is 110 Å². The summed E-state index contributed by atoms with van der Waals surface area (Å²) >= 11 is 0. The Morgan fingerprint density at radius 3 is 1.44 bits per heavy atom. The lowest BCUT2D eigenvalue weighted by atomic mass is 9.85. The minimum absolute atomic E-state index is 0.173. The fraction of sp³-hybridized carbons (Fsp3) is 0.588. The van der Waals surface area contributed by atoms with Crippen molar-refractivity contribution in [2.75, 3.05) is 0 Å². The van der Waals surface area contributed by atoms with Gasteiger partial charge in [0.25, 0.3) is 0 Å². The van der Waals surface area contributed by atoms with Crippen LogP contribution in [0, 0.1) is 21.7 Å². The molecule has 0 amide bonds. The number of rotatable bonds is 0. The highest BCUT2D eigenvalue weighted by atomic mass is 14.8. The first kappa shape index (κ1) is 31.8. The zero-order valence-corrected chi connectivity index (χ0v) is 25.9. The smallest absolute Gasteiger partial charge is 0.0665 e. The van der Waals surface area contributed by atoms with Gasteiger partial charge in [-0.1, -0.05) is 139 Å². The first-order valence-corrected chi connectivity index (χ1v) is 13.5. The number of fused-ring (bicyclic) bond motifs is 2. The summed E-state index contributed by atoms with van der Waals surface area (Å²) in [5.41, 5.74) is 9.17. The predicted molar refractivity (Wildman–Crippen MR) is 163 cm³/mol. The van der Waals surface area contributed by atoms with Crippen molar-refractivity contribution >= 4 is 17.1 Å². The SMILES string of the molecule is CC(C)(C)C.CC(C)(C)C.CC(C)(C)C1=NCc2ccccc21.CC(C)(C)C1=Nc2ccccc2C1. The second-order valence-corrected chi connectivity index (χ2v) is 15.2. The Morgan fingerprint density at radius 1 is 0.556 bits per heavy atom. The number of hydrogen-bond acceptors (Lipinski definition) is 2. The monoisotopic (exact) mass is 490 g/mol. The second kappa shape index (κ2) is 12.3. The molecule has 2 nitrogen and oxygen atoms in total. The summed E-state index contributed by atoms with van der Waals surface area (Å²) in [6.45, 7) is 31.7. The Balaban J connectivity index is 0.000000266. The molecule has 0 spiro atoms.